The molecule has 1 aliphatic carbocycles. The highest BCUT2D eigenvalue weighted by atomic mass is 32.2. The lowest BCUT2D eigenvalue weighted by Crippen LogP contribution is -2.35. The molecular weight excluding hydrogens is 391 g/mol. The summed E-state index contributed by atoms with van der Waals surface area (Å²) >= 11 is 1.36. The van der Waals surface area contributed by atoms with Gasteiger partial charge in [0.15, 0.2) is 11.0 Å². The number of hydrogen-bond donors (Lipinski definition) is 1. The van der Waals surface area contributed by atoms with Crippen LogP contribution in [0, 0.1) is 5.82 Å². The van der Waals surface area contributed by atoms with Gasteiger partial charge in [0, 0.05) is 12.6 Å². The molecule has 0 unspecified atom stereocenters. The number of rotatable bonds is 9. The third-order valence-electron chi connectivity index (χ3n) is 4.84. The SMILES string of the molecule is C=CCn1c(COc2ccc(F)cc2)nnc1SCC(=O)NC1CCCCCC1. The minimum atomic E-state index is -0.312. The highest BCUT2D eigenvalue weighted by Crippen LogP contribution is 2.20. The van der Waals surface area contributed by atoms with Crippen molar-refractivity contribution in [3.63, 3.8) is 0 Å². The predicted molar refractivity (Wildman–Crippen MR) is 111 cm³/mol. The van der Waals surface area contributed by atoms with E-state index >= 15 is 0 Å². The predicted octanol–water partition coefficient (Wildman–Crippen LogP) is 4.11. The summed E-state index contributed by atoms with van der Waals surface area (Å²) in [4.78, 5) is 12.3. The quantitative estimate of drug-likeness (QED) is 0.377. The molecule has 0 saturated heterocycles. The maximum Gasteiger partial charge on any atom is 0.230 e. The van der Waals surface area contributed by atoms with Crippen molar-refractivity contribution >= 4 is 17.7 Å². The van der Waals surface area contributed by atoms with E-state index in [1.165, 1.54) is 49.6 Å². The summed E-state index contributed by atoms with van der Waals surface area (Å²) in [5.74, 6) is 1.19. The number of benzene rings is 1. The molecule has 0 aliphatic heterocycles. The zero-order chi connectivity index (χ0) is 20.5. The fraction of sp³-hybridized carbons (Fsp3) is 0.476. The number of carbonyl (C=O) groups is 1. The van der Waals surface area contributed by atoms with E-state index in [9.17, 15) is 9.18 Å². The minimum Gasteiger partial charge on any atom is -0.486 e. The Morgan fingerprint density at radius 2 is 1.97 bits per heavy atom. The smallest absolute Gasteiger partial charge is 0.230 e. The summed E-state index contributed by atoms with van der Waals surface area (Å²) in [6, 6.07) is 6.11. The van der Waals surface area contributed by atoms with Gasteiger partial charge in [-0.2, -0.15) is 0 Å². The number of allylic oxidation sites excluding steroid dienone is 1. The number of nitrogens with one attached hydrogen (secondary N) is 1. The number of ether oxygens (including phenoxy) is 1. The van der Waals surface area contributed by atoms with Crippen LogP contribution in [0.15, 0.2) is 42.1 Å². The molecule has 0 spiro atoms. The van der Waals surface area contributed by atoms with E-state index in [0.29, 0.717) is 29.0 Å². The molecule has 1 N–H and O–H groups in total. The first-order valence-corrected chi connectivity index (χ1v) is 11.0. The van der Waals surface area contributed by atoms with Crippen molar-refractivity contribution in [2.45, 2.75) is 62.9 Å². The van der Waals surface area contributed by atoms with Gasteiger partial charge in [0.25, 0.3) is 0 Å². The zero-order valence-electron chi connectivity index (χ0n) is 16.5. The van der Waals surface area contributed by atoms with Crippen LogP contribution in [0.5, 0.6) is 5.75 Å². The molecule has 1 aliphatic rings. The molecule has 1 aromatic carbocycles. The van der Waals surface area contributed by atoms with E-state index in [1.807, 2.05) is 4.57 Å². The molecule has 0 bridgehead atoms. The van der Waals surface area contributed by atoms with Crippen LogP contribution in [0.4, 0.5) is 4.39 Å². The molecule has 1 saturated carbocycles. The van der Waals surface area contributed by atoms with Crippen molar-refractivity contribution in [2.24, 2.45) is 0 Å². The van der Waals surface area contributed by atoms with Crippen molar-refractivity contribution in [1.82, 2.24) is 20.1 Å². The monoisotopic (exact) mass is 418 g/mol. The van der Waals surface area contributed by atoms with Gasteiger partial charge in [-0.3, -0.25) is 9.36 Å². The largest absolute Gasteiger partial charge is 0.486 e. The number of nitrogens with zero attached hydrogens (tertiary/aromatic N) is 3. The first kappa shape index (κ1) is 21.4. The van der Waals surface area contributed by atoms with Gasteiger partial charge >= 0.3 is 0 Å². The lowest BCUT2D eigenvalue weighted by Gasteiger charge is -2.16. The Kier molecular flexibility index (Phi) is 8.10. The molecule has 1 aromatic heterocycles. The van der Waals surface area contributed by atoms with Gasteiger partial charge in [-0.15, -0.1) is 16.8 Å². The topological polar surface area (TPSA) is 69.0 Å². The van der Waals surface area contributed by atoms with Gasteiger partial charge in [0.1, 0.15) is 18.2 Å². The summed E-state index contributed by atoms with van der Waals surface area (Å²) in [7, 11) is 0. The number of thioether (sulfide) groups is 1. The summed E-state index contributed by atoms with van der Waals surface area (Å²) in [6.07, 6.45) is 8.76. The van der Waals surface area contributed by atoms with Crippen LogP contribution >= 0.6 is 11.8 Å². The van der Waals surface area contributed by atoms with Crippen LogP contribution < -0.4 is 10.1 Å². The molecule has 3 rings (SSSR count). The van der Waals surface area contributed by atoms with E-state index < -0.39 is 0 Å². The van der Waals surface area contributed by atoms with Crippen LogP contribution in [-0.4, -0.2) is 32.5 Å². The van der Waals surface area contributed by atoms with Crippen molar-refractivity contribution in [1.29, 1.82) is 0 Å². The first-order chi connectivity index (χ1) is 14.2. The Labute approximate surface area is 174 Å². The van der Waals surface area contributed by atoms with Crippen LogP contribution in [0.2, 0.25) is 0 Å². The Balaban J connectivity index is 1.55. The number of halogens is 1. The van der Waals surface area contributed by atoms with Gasteiger partial charge in [0.2, 0.25) is 5.91 Å². The Morgan fingerprint density at radius 3 is 2.66 bits per heavy atom. The number of hydrogen-bond acceptors (Lipinski definition) is 5. The normalized spacial score (nSPS) is 14.9. The third kappa shape index (κ3) is 6.59. The van der Waals surface area contributed by atoms with E-state index in [1.54, 1.807) is 18.2 Å². The van der Waals surface area contributed by atoms with Crippen LogP contribution in [0.1, 0.15) is 44.3 Å². The molecule has 1 amide bonds. The second-order valence-corrected chi connectivity index (χ2v) is 8.03. The van der Waals surface area contributed by atoms with E-state index in [0.717, 1.165) is 12.8 Å². The lowest BCUT2D eigenvalue weighted by molar-refractivity contribution is -0.119. The average molecular weight is 419 g/mol. The highest BCUT2D eigenvalue weighted by molar-refractivity contribution is 7.99. The van der Waals surface area contributed by atoms with Crippen molar-refractivity contribution in [3.05, 3.63) is 48.6 Å². The maximum atomic E-state index is 13.0. The number of amides is 1. The molecule has 0 atom stereocenters. The highest BCUT2D eigenvalue weighted by Gasteiger charge is 2.17. The summed E-state index contributed by atoms with van der Waals surface area (Å²) < 4.78 is 20.6. The van der Waals surface area contributed by atoms with Crippen LogP contribution in [0.3, 0.4) is 0 Å². The molecule has 0 radical (unpaired) electrons. The lowest BCUT2D eigenvalue weighted by atomic mass is 10.1. The molecule has 156 valence electrons. The molecule has 8 heteroatoms. The Morgan fingerprint density at radius 1 is 1.24 bits per heavy atom. The van der Waals surface area contributed by atoms with Gasteiger partial charge in [-0.1, -0.05) is 43.5 Å². The summed E-state index contributed by atoms with van der Waals surface area (Å²) in [5, 5.41) is 12.2. The Bertz CT molecular complexity index is 802. The second-order valence-electron chi connectivity index (χ2n) is 7.09. The fourth-order valence-electron chi connectivity index (χ4n) is 3.35. The van der Waals surface area contributed by atoms with Crippen molar-refractivity contribution in [2.75, 3.05) is 5.75 Å². The number of aromatic nitrogens is 3. The van der Waals surface area contributed by atoms with Gasteiger partial charge in [0.05, 0.1) is 5.75 Å². The zero-order valence-corrected chi connectivity index (χ0v) is 17.3. The van der Waals surface area contributed by atoms with Crippen molar-refractivity contribution < 1.29 is 13.9 Å². The van der Waals surface area contributed by atoms with E-state index in [4.69, 9.17) is 4.74 Å². The standard InChI is InChI=1S/C21H27FN4O2S/c1-2-13-26-19(14-28-18-11-9-16(22)10-12-18)24-25-21(26)29-15-20(27)23-17-7-5-3-4-6-8-17/h2,9-12,17H,1,3-8,13-15H2,(H,23,27). The van der Waals surface area contributed by atoms with Crippen LogP contribution in [0.25, 0.3) is 0 Å². The average Bonchev–Trinajstić information content (AvgIpc) is 2.91. The molecule has 2 aromatic rings. The van der Waals surface area contributed by atoms with E-state index in [-0.39, 0.29) is 24.4 Å². The fourth-order valence-corrected chi connectivity index (χ4v) is 4.12. The third-order valence-corrected chi connectivity index (χ3v) is 5.81. The van der Waals surface area contributed by atoms with Crippen LogP contribution in [-0.2, 0) is 17.9 Å². The summed E-state index contributed by atoms with van der Waals surface area (Å²) in [6.45, 7) is 4.49. The molecule has 1 fully saturated rings. The summed E-state index contributed by atoms with van der Waals surface area (Å²) in [5.41, 5.74) is 0. The van der Waals surface area contributed by atoms with Gasteiger partial charge in [-0.05, 0) is 37.1 Å². The van der Waals surface area contributed by atoms with E-state index in [2.05, 4.69) is 22.1 Å². The molecule has 1 heterocycles. The number of carbonyl (C=O) groups excluding carboxylic acids is 1. The Hall–Kier alpha value is -2.35. The van der Waals surface area contributed by atoms with Gasteiger partial charge < -0.3 is 10.1 Å². The minimum absolute atomic E-state index is 0.0270. The molecule has 29 heavy (non-hydrogen) atoms. The molecular formula is C21H27FN4O2S. The van der Waals surface area contributed by atoms with Gasteiger partial charge in [-0.25, -0.2) is 4.39 Å². The molecule has 6 nitrogen and oxygen atoms in total. The maximum absolute atomic E-state index is 13.0. The van der Waals surface area contributed by atoms with Crippen molar-refractivity contribution in [3.8, 4) is 5.75 Å². The first-order valence-electron chi connectivity index (χ1n) is 9.99. The second kappa shape index (κ2) is 11.0.